The predicted octanol–water partition coefficient (Wildman–Crippen LogP) is 0.673. The second-order valence-corrected chi connectivity index (χ2v) is 6.10. The van der Waals surface area contributed by atoms with E-state index in [0.29, 0.717) is 0 Å². The molecule has 1 heterocycles. The summed E-state index contributed by atoms with van der Waals surface area (Å²) in [5.74, 6) is -1.41. The lowest BCUT2D eigenvalue weighted by atomic mass is 9.82. The van der Waals surface area contributed by atoms with Crippen LogP contribution in [0.3, 0.4) is 0 Å². The molecule has 1 saturated heterocycles. The van der Waals surface area contributed by atoms with Crippen molar-refractivity contribution in [2.75, 3.05) is 32.7 Å². The third kappa shape index (κ3) is 2.14. The first-order chi connectivity index (χ1) is 9.61. The molecule has 0 aromatic rings. The lowest BCUT2D eigenvalue weighted by molar-refractivity contribution is -0.151. The first-order valence-electron chi connectivity index (χ1n) is 7.54. The maximum absolute atomic E-state index is 12.7. The first-order valence-corrected chi connectivity index (χ1v) is 7.54. The zero-order chi connectivity index (χ0) is 14.3. The highest BCUT2D eigenvalue weighted by Crippen LogP contribution is 2.48. The molecule has 2 bridgehead atoms. The van der Waals surface area contributed by atoms with Gasteiger partial charge >= 0.3 is 5.97 Å². The molecule has 2 fully saturated rings. The van der Waals surface area contributed by atoms with Crippen molar-refractivity contribution in [3.63, 3.8) is 0 Å². The second kappa shape index (κ2) is 5.20. The van der Waals surface area contributed by atoms with E-state index < -0.39 is 11.9 Å². The van der Waals surface area contributed by atoms with Gasteiger partial charge in [0.15, 0.2) is 0 Å². The van der Waals surface area contributed by atoms with Crippen LogP contribution in [-0.2, 0) is 9.59 Å². The van der Waals surface area contributed by atoms with Gasteiger partial charge in [0, 0.05) is 26.2 Å². The largest absolute Gasteiger partial charge is 0.481 e. The third-order valence-electron chi connectivity index (χ3n) is 5.16. The Morgan fingerprint density at radius 1 is 1.10 bits per heavy atom. The van der Waals surface area contributed by atoms with E-state index in [-0.39, 0.29) is 23.7 Å². The summed E-state index contributed by atoms with van der Waals surface area (Å²) in [6.07, 6.45) is 4.87. The van der Waals surface area contributed by atoms with Gasteiger partial charge in [0.05, 0.1) is 11.8 Å². The lowest BCUT2D eigenvalue weighted by Crippen LogP contribution is -2.52. The Morgan fingerprint density at radius 2 is 1.70 bits per heavy atom. The summed E-state index contributed by atoms with van der Waals surface area (Å²) in [7, 11) is 0. The van der Waals surface area contributed by atoms with Crippen molar-refractivity contribution in [1.29, 1.82) is 0 Å². The van der Waals surface area contributed by atoms with Crippen LogP contribution in [0.25, 0.3) is 0 Å². The van der Waals surface area contributed by atoms with Gasteiger partial charge in [0.25, 0.3) is 0 Å². The van der Waals surface area contributed by atoms with Crippen molar-refractivity contribution in [2.45, 2.75) is 13.3 Å². The van der Waals surface area contributed by atoms with Crippen molar-refractivity contribution < 1.29 is 14.7 Å². The number of nitrogens with zero attached hydrogens (tertiary/aromatic N) is 2. The van der Waals surface area contributed by atoms with Crippen LogP contribution < -0.4 is 0 Å². The van der Waals surface area contributed by atoms with Crippen molar-refractivity contribution >= 4 is 11.9 Å². The van der Waals surface area contributed by atoms with Crippen LogP contribution in [0, 0.1) is 23.7 Å². The molecular weight excluding hydrogens is 256 g/mol. The first kappa shape index (κ1) is 13.6. The van der Waals surface area contributed by atoms with Gasteiger partial charge < -0.3 is 14.9 Å². The molecule has 1 N–H and O–H groups in total. The van der Waals surface area contributed by atoms with E-state index in [9.17, 15) is 14.7 Å². The Bertz CT molecular complexity index is 440. The van der Waals surface area contributed by atoms with Gasteiger partial charge in [0.1, 0.15) is 0 Å². The highest BCUT2D eigenvalue weighted by molar-refractivity contribution is 5.87. The number of carbonyl (C=O) groups is 2. The van der Waals surface area contributed by atoms with Gasteiger partial charge in [-0.1, -0.05) is 19.1 Å². The van der Waals surface area contributed by atoms with Crippen molar-refractivity contribution in [3.05, 3.63) is 12.2 Å². The number of hydrogen-bond donors (Lipinski definition) is 1. The van der Waals surface area contributed by atoms with Gasteiger partial charge in [-0.05, 0) is 24.8 Å². The Morgan fingerprint density at radius 3 is 2.25 bits per heavy atom. The molecule has 0 aromatic heterocycles. The van der Waals surface area contributed by atoms with Gasteiger partial charge in [-0.15, -0.1) is 0 Å². The number of aliphatic carboxylic acids is 1. The van der Waals surface area contributed by atoms with Crippen LogP contribution in [0.4, 0.5) is 0 Å². The molecule has 1 amide bonds. The Labute approximate surface area is 119 Å². The normalized spacial score (nSPS) is 36.5. The Hall–Kier alpha value is -1.36. The molecule has 3 rings (SSSR count). The molecule has 1 saturated carbocycles. The SMILES string of the molecule is CCN1CCN(C(=O)[C@@H]2[C@@H](C(=O)O)[C@H]3C=C[C@H]2C3)CC1. The zero-order valence-corrected chi connectivity index (χ0v) is 11.9. The van der Waals surface area contributed by atoms with E-state index in [0.717, 1.165) is 39.1 Å². The number of piperazine rings is 1. The molecule has 0 aromatic carbocycles. The third-order valence-corrected chi connectivity index (χ3v) is 5.16. The van der Waals surface area contributed by atoms with Crippen LogP contribution in [0.2, 0.25) is 0 Å². The van der Waals surface area contributed by atoms with Gasteiger partial charge in [-0.2, -0.15) is 0 Å². The Balaban J connectivity index is 1.71. The maximum Gasteiger partial charge on any atom is 0.307 e. The van der Waals surface area contributed by atoms with E-state index in [4.69, 9.17) is 0 Å². The Kier molecular flexibility index (Phi) is 3.54. The number of fused-ring (bicyclic) bond motifs is 2. The number of amides is 1. The molecule has 0 unspecified atom stereocenters. The number of likely N-dealkylation sites (N-methyl/N-ethyl adjacent to an activating group) is 1. The number of carboxylic acid groups (broad SMARTS) is 1. The summed E-state index contributed by atoms with van der Waals surface area (Å²) in [6, 6.07) is 0. The highest BCUT2D eigenvalue weighted by Gasteiger charge is 2.52. The fraction of sp³-hybridized carbons (Fsp3) is 0.733. The highest BCUT2D eigenvalue weighted by atomic mass is 16.4. The molecule has 5 nitrogen and oxygen atoms in total. The topological polar surface area (TPSA) is 60.9 Å². The monoisotopic (exact) mass is 278 g/mol. The fourth-order valence-corrected chi connectivity index (χ4v) is 3.99. The van der Waals surface area contributed by atoms with Crippen molar-refractivity contribution in [1.82, 2.24) is 9.80 Å². The number of carboxylic acids is 1. The standard InChI is InChI=1S/C15H22N2O3/c1-2-16-5-7-17(8-6-16)14(18)12-10-3-4-11(9-10)13(12)15(19)20/h3-4,10-13H,2,5-9H2,1H3,(H,19,20)/t10-,11-,12-,13-/m0/s1. The maximum atomic E-state index is 12.7. The molecule has 1 aliphatic heterocycles. The lowest BCUT2D eigenvalue weighted by Gasteiger charge is -2.37. The van der Waals surface area contributed by atoms with Gasteiger partial charge in [-0.25, -0.2) is 0 Å². The average molecular weight is 278 g/mol. The summed E-state index contributed by atoms with van der Waals surface area (Å²) in [6.45, 7) is 6.40. The van der Waals surface area contributed by atoms with Gasteiger partial charge in [0.2, 0.25) is 5.91 Å². The molecule has 0 radical (unpaired) electrons. The fourth-order valence-electron chi connectivity index (χ4n) is 3.99. The molecule has 3 aliphatic rings. The second-order valence-electron chi connectivity index (χ2n) is 6.10. The van der Waals surface area contributed by atoms with Gasteiger partial charge in [-0.3, -0.25) is 9.59 Å². The number of rotatable bonds is 3. The van der Waals surface area contributed by atoms with E-state index >= 15 is 0 Å². The molecule has 2 aliphatic carbocycles. The summed E-state index contributed by atoms with van der Waals surface area (Å²) in [4.78, 5) is 28.4. The van der Waals surface area contributed by atoms with E-state index in [1.54, 1.807) is 0 Å². The molecular formula is C15H22N2O3. The molecule has 110 valence electrons. The van der Waals surface area contributed by atoms with E-state index in [2.05, 4.69) is 17.9 Å². The minimum atomic E-state index is -0.813. The van der Waals surface area contributed by atoms with Crippen molar-refractivity contribution in [3.8, 4) is 0 Å². The van der Waals surface area contributed by atoms with E-state index in [1.165, 1.54) is 0 Å². The average Bonchev–Trinajstić information content (AvgIpc) is 3.07. The molecule has 4 atom stereocenters. The van der Waals surface area contributed by atoms with Crippen LogP contribution in [0.15, 0.2) is 12.2 Å². The smallest absolute Gasteiger partial charge is 0.307 e. The number of carbonyl (C=O) groups excluding carboxylic acids is 1. The quantitative estimate of drug-likeness (QED) is 0.771. The predicted molar refractivity (Wildman–Crippen MR) is 74.0 cm³/mol. The summed E-state index contributed by atoms with van der Waals surface area (Å²) in [5.41, 5.74) is 0. The van der Waals surface area contributed by atoms with E-state index in [1.807, 2.05) is 11.0 Å². The molecule has 20 heavy (non-hydrogen) atoms. The van der Waals surface area contributed by atoms with Crippen LogP contribution in [0.1, 0.15) is 13.3 Å². The number of allylic oxidation sites excluding steroid dienone is 2. The van der Waals surface area contributed by atoms with Crippen LogP contribution in [-0.4, -0.2) is 59.5 Å². The minimum absolute atomic E-state index is 0.0587. The molecule has 5 heteroatoms. The number of hydrogen-bond acceptors (Lipinski definition) is 3. The minimum Gasteiger partial charge on any atom is -0.481 e. The van der Waals surface area contributed by atoms with Crippen LogP contribution >= 0.6 is 0 Å². The molecule has 0 spiro atoms. The van der Waals surface area contributed by atoms with Crippen molar-refractivity contribution in [2.24, 2.45) is 23.7 Å². The van der Waals surface area contributed by atoms with Crippen LogP contribution in [0.5, 0.6) is 0 Å². The summed E-state index contributed by atoms with van der Waals surface area (Å²) in [5, 5.41) is 9.42. The summed E-state index contributed by atoms with van der Waals surface area (Å²) < 4.78 is 0. The zero-order valence-electron chi connectivity index (χ0n) is 11.9. The summed E-state index contributed by atoms with van der Waals surface area (Å²) >= 11 is 0.